The first-order valence-electron chi connectivity index (χ1n) is 6.32. The fourth-order valence-electron chi connectivity index (χ4n) is 3.05. The zero-order chi connectivity index (χ0) is 12.8. The summed E-state index contributed by atoms with van der Waals surface area (Å²) in [5, 5.41) is 4.31. The number of benzene rings is 1. The average molecular weight is 284 g/mol. The highest BCUT2D eigenvalue weighted by Gasteiger charge is 2.57. The standard InChI is InChI=1S/C14H15Cl2NO/c15-11-2-1-9(7-12(11)16)13(18)10-8-14(10)3-5-17-6-4-14/h1-2,7,10,17H,3-6,8H2. The van der Waals surface area contributed by atoms with Crippen molar-refractivity contribution in [1.82, 2.24) is 5.32 Å². The summed E-state index contributed by atoms with van der Waals surface area (Å²) in [6.07, 6.45) is 3.27. The Morgan fingerprint density at radius 2 is 1.94 bits per heavy atom. The van der Waals surface area contributed by atoms with Gasteiger partial charge in [-0.05, 0) is 56.0 Å². The van der Waals surface area contributed by atoms with E-state index >= 15 is 0 Å². The lowest BCUT2D eigenvalue weighted by Crippen LogP contribution is -2.30. The zero-order valence-corrected chi connectivity index (χ0v) is 11.5. The van der Waals surface area contributed by atoms with Gasteiger partial charge in [0.25, 0.3) is 0 Å². The van der Waals surface area contributed by atoms with E-state index in [1.54, 1.807) is 18.2 Å². The number of carbonyl (C=O) groups is 1. The van der Waals surface area contributed by atoms with E-state index in [0.717, 1.165) is 32.4 Å². The molecule has 3 rings (SSSR count). The Morgan fingerprint density at radius 1 is 1.22 bits per heavy atom. The van der Waals surface area contributed by atoms with Gasteiger partial charge in [0.05, 0.1) is 10.0 Å². The van der Waals surface area contributed by atoms with Crippen LogP contribution in [0.1, 0.15) is 29.6 Å². The normalized spacial score (nSPS) is 25.1. The molecule has 4 heteroatoms. The van der Waals surface area contributed by atoms with Gasteiger partial charge >= 0.3 is 0 Å². The second kappa shape index (κ2) is 4.52. The van der Waals surface area contributed by atoms with Crippen LogP contribution < -0.4 is 5.32 Å². The fraction of sp³-hybridized carbons (Fsp3) is 0.500. The van der Waals surface area contributed by atoms with Crippen LogP contribution in [-0.4, -0.2) is 18.9 Å². The quantitative estimate of drug-likeness (QED) is 0.841. The van der Waals surface area contributed by atoms with E-state index in [1.807, 2.05) is 0 Å². The maximum absolute atomic E-state index is 12.4. The zero-order valence-electron chi connectivity index (χ0n) is 10.0. The third-order valence-electron chi connectivity index (χ3n) is 4.31. The first-order chi connectivity index (χ1) is 8.62. The minimum Gasteiger partial charge on any atom is -0.317 e. The van der Waals surface area contributed by atoms with Crippen LogP contribution in [0, 0.1) is 11.3 Å². The highest BCUT2D eigenvalue weighted by atomic mass is 35.5. The van der Waals surface area contributed by atoms with Gasteiger partial charge in [-0.3, -0.25) is 4.79 Å². The smallest absolute Gasteiger partial charge is 0.166 e. The van der Waals surface area contributed by atoms with Crippen molar-refractivity contribution in [3.05, 3.63) is 33.8 Å². The van der Waals surface area contributed by atoms with Crippen molar-refractivity contribution in [2.45, 2.75) is 19.3 Å². The van der Waals surface area contributed by atoms with Crippen LogP contribution in [0.5, 0.6) is 0 Å². The van der Waals surface area contributed by atoms with Gasteiger partial charge < -0.3 is 5.32 Å². The van der Waals surface area contributed by atoms with Crippen LogP contribution in [0.3, 0.4) is 0 Å². The number of hydrogen-bond donors (Lipinski definition) is 1. The number of rotatable bonds is 2. The van der Waals surface area contributed by atoms with E-state index in [2.05, 4.69) is 5.32 Å². The molecule has 1 aliphatic carbocycles. The molecule has 1 aliphatic heterocycles. The van der Waals surface area contributed by atoms with Crippen LogP contribution in [0.25, 0.3) is 0 Å². The number of Topliss-reactive ketones (excluding diaryl/α,β-unsaturated/α-hetero) is 1. The predicted octanol–water partition coefficient (Wildman–Crippen LogP) is 3.57. The molecular weight excluding hydrogens is 269 g/mol. The average Bonchev–Trinajstić information content (AvgIpc) is 3.06. The van der Waals surface area contributed by atoms with Crippen molar-refractivity contribution in [3.8, 4) is 0 Å². The molecule has 0 aromatic heterocycles. The van der Waals surface area contributed by atoms with Crippen molar-refractivity contribution in [2.24, 2.45) is 11.3 Å². The maximum Gasteiger partial charge on any atom is 0.166 e. The van der Waals surface area contributed by atoms with Gasteiger partial charge in [-0.2, -0.15) is 0 Å². The molecular formula is C14H15Cl2NO. The number of carbonyl (C=O) groups excluding carboxylic acids is 1. The summed E-state index contributed by atoms with van der Waals surface area (Å²) in [5.41, 5.74) is 0.971. The molecule has 1 N–H and O–H groups in total. The first-order valence-corrected chi connectivity index (χ1v) is 7.08. The number of piperidine rings is 1. The lowest BCUT2D eigenvalue weighted by atomic mass is 9.89. The topological polar surface area (TPSA) is 29.1 Å². The Balaban J connectivity index is 1.78. The van der Waals surface area contributed by atoms with E-state index in [0.29, 0.717) is 15.6 Å². The first kappa shape index (κ1) is 12.5. The molecule has 2 aliphatic rings. The molecule has 1 atom stereocenters. The minimum atomic E-state index is 0.192. The van der Waals surface area contributed by atoms with Crippen LogP contribution in [-0.2, 0) is 0 Å². The molecule has 96 valence electrons. The van der Waals surface area contributed by atoms with Crippen molar-refractivity contribution in [2.75, 3.05) is 13.1 Å². The van der Waals surface area contributed by atoms with Crippen molar-refractivity contribution < 1.29 is 4.79 Å². The Labute approximate surface area is 117 Å². The van der Waals surface area contributed by atoms with Gasteiger partial charge in [0.2, 0.25) is 0 Å². The van der Waals surface area contributed by atoms with E-state index < -0.39 is 0 Å². The van der Waals surface area contributed by atoms with Gasteiger partial charge in [-0.1, -0.05) is 23.2 Å². The monoisotopic (exact) mass is 283 g/mol. The summed E-state index contributed by atoms with van der Waals surface area (Å²) in [4.78, 5) is 12.4. The van der Waals surface area contributed by atoms with Crippen LogP contribution >= 0.6 is 23.2 Å². The molecule has 1 aromatic rings. The molecule has 1 aromatic carbocycles. The Morgan fingerprint density at radius 3 is 2.61 bits per heavy atom. The van der Waals surface area contributed by atoms with Crippen molar-refractivity contribution >= 4 is 29.0 Å². The molecule has 1 spiro atoms. The Bertz CT molecular complexity index is 495. The largest absolute Gasteiger partial charge is 0.317 e. The van der Waals surface area contributed by atoms with E-state index in [1.165, 1.54) is 0 Å². The summed E-state index contributed by atoms with van der Waals surface area (Å²) in [5.74, 6) is 0.423. The van der Waals surface area contributed by atoms with Gasteiger partial charge in [-0.15, -0.1) is 0 Å². The molecule has 0 radical (unpaired) electrons. The van der Waals surface area contributed by atoms with Crippen LogP contribution in [0.4, 0.5) is 0 Å². The highest BCUT2D eigenvalue weighted by molar-refractivity contribution is 6.42. The van der Waals surface area contributed by atoms with Crippen molar-refractivity contribution in [1.29, 1.82) is 0 Å². The second-order valence-corrected chi connectivity index (χ2v) is 6.18. The third-order valence-corrected chi connectivity index (χ3v) is 5.05. The van der Waals surface area contributed by atoms with Gasteiger partial charge in [0, 0.05) is 11.5 Å². The number of ketones is 1. The minimum absolute atomic E-state index is 0.192. The van der Waals surface area contributed by atoms with Gasteiger partial charge in [0.15, 0.2) is 5.78 Å². The van der Waals surface area contributed by atoms with Gasteiger partial charge in [-0.25, -0.2) is 0 Å². The van der Waals surface area contributed by atoms with E-state index in [-0.39, 0.29) is 17.1 Å². The third kappa shape index (κ3) is 2.07. The lowest BCUT2D eigenvalue weighted by molar-refractivity contribution is 0.0940. The molecule has 1 saturated carbocycles. The van der Waals surface area contributed by atoms with Crippen LogP contribution in [0.2, 0.25) is 10.0 Å². The molecule has 2 fully saturated rings. The summed E-state index contributed by atoms with van der Waals surface area (Å²) < 4.78 is 0. The van der Waals surface area contributed by atoms with Crippen molar-refractivity contribution in [3.63, 3.8) is 0 Å². The SMILES string of the molecule is O=C(c1ccc(Cl)c(Cl)c1)C1CC12CCNCC2. The summed E-state index contributed by atoms with van der Waals surface area (Å²) in [7, 11) is 0. The molecule has 1 saturated heterocycles. The Hall–Kier alpha value is -0.570. The van der Waals surface area contributed by atoms with E-state index in [9.17, 15) is 4.79 Å². The number of nitrogens with one attached hydrogen (secondary N) is 1. The molecule has 1 heterocycles. The molecule has 0 bridgehead atoms. The second-order valence-electron chi connectivity index (χ2n) is 5.36. The summed E-state index contributed by atoms with van der Waals surface area (Å²) in [6.45, 7) is 2.07. The molecule has 18 heavy (non-hydrogen) atoms. The lowest BCUT2D eigenvalue weighted by Gasteiger charge is -2.23. The molecule has 2 nitrogen and oxygen atoms in total. The van der Waals surface area contributed by atoms with Crippen LogP contribution in [0.15, 0.2) is 18.2 Å². The fourth-order valence-corrected chi connectivity index (χ4v) is 3.34. The molecule has 1 unspecified atom stereocenters. The number of halogens is 2. The predicted molar refractivity (Wildman–Crippen MR) is 73.4 cm³/mol. The molecule has 0 amide bonds. The number of hydrogen-bond acceptors (Lipinski definition) is 2. The maximum atomic E-state index is 12.4. The van der Waals surface area contributed by atoms with E-state index in [4.69, 9.17) is 23.2 Å². The van der Waals surface area contributed by atoms with Gasteiger partial charge in [0.1, 0.15) is 0 Å². The Kier molecular flexibility index (Phi) is 3.13. The highest BCUT2D eigenvalue weighted by Crippen LogP contribution is 2.59. The summed E-state index contributed by atoms with van der Waals surface area (Å²) in [6, 6.07) is 5.18. The summed E-state index contributed by atoms with van der Waals surface area (Å²) >= 11 is 11.8.